The van der Waals surface area contributed by atoms with Crippen molar-refractivity contribution in [2.24, 2.45) is 0 Å². The Kier molecular flexibility index (Phi) is 3.69. The lowest BCUT2D eigenvalue weighted by molar-refractivity contribution is 0.0602. The summed E-state index contributed by atoms with van der Waals surface area (Å²) in [5.74, 6) is -0.342. The van der Waals surface area contributed by atoms with E-state index in [1.807, 2.05) is 22.9 Å². The quantitative estimate of drug-likeness (QED) is 0.804. The Bertz CT molecular complexity index is 615. The fourth-order valence-corrected chi connectivity index (χ4v) is 2.76. The molecule has 106 valence electrons. The summed E-state index contributed by atoms with van der Waals surface area (Å²) in [7, 11) is 1.39. The molecule has 1 aliphatic heterocycles. The lowest BCUT2D eigenvalue weighted by Crippen LogP contribution is -2.29. The minimum atomic E-state index is -0.342. The highest BCUT2D eigenvalue weighted by molar-refractivity contribution is 5.95. The van der Waals surface area contributed by atoms with Gasteiger partial charge in [0.1, 0.15) is 5.56 Å². The van der Waals surface area contributed by atoms with Crippen LogP contribution < -0.4 is 0 Å². The highest BCUT2D eigenvalue weighted by atomic mass is 16.5. The number of esters is 1. The SMILES string of the molecule is COC(=O)c1cccn2cc(CN3CCCCC3)nc12. The Hall–Kier alpha value is -1.88. The second-order valence-corrected chi connectivity index (χ2v) is 5.21. The van der Waals surface area contributed by atoms with Gasteiger partial charge in [-0.1, -0.05) is 6.42 Å². The smallest absolute Gasteiger partial charge is 0.341 e. The Morgan fingerprint density at radius 2 is 2.15 bits per heavy atom. The molecule has 0 radical (unpaired) electrons. The lowest BCUT2D eigenvalue weighted by atomic mass is 10.1. The van der Waals surface area contributed by atoms with Crippen molar-refractivity contribution >= 4 is 11.6 Å². The summed E-state index contributed by atoms with van der Waals surface area (Å²) in [4.78, 5) is 18.8. The van der Waals surface area contributed by atoms with Crippen LogP contribution in [0.5, 0.6) is 0 Å². The van der Waals surface area contributed by atoms with Gasteiger partial charge in [0.15, 0.2) is 5.65 Å². The van der Waals surface area contributed by atoms with Crippen molar-refractivity contribution in [2.45, 2.75) is 25.8 Å². The van der Waals surface area contributed by atoms with Gasteiger partial charge in [-0.3, -0.25) is 4.90 Å². The zero-order valence-electron chi connectivity index (χ0n) is 11.7. The molecule has 0 saturated carbocycles. The van der Waals surface area contributed by atoms with E-state index >= 15 is 0 Å². The maximum atomic E-state index is 11.7. The molecule has 0 unspecified atom stereocenters. The molecule has 5 nitrogen and oxygen atoms in total. The first-order valence-electron chi connectivity index (χ1n) is 7.05. The second kappa shape index (κ2) is 5.63. The van der Waals surface area contributed by atoms with E-state index in [2.05, 4.69) is 9.88 Å². The molecular formula is C15H19N3O2. The Labute approximate surface area is 118 Å². The van der Waals surface area contributed by atoms with Crippen LogP contribution in [0.2, 0.25) is 0 Å². The molecule has 0 aliphatic carbocycles. The van der Waals surface area contributed by atoms with E-state index in [4.69, 9.17) is 4.74 Å². The van der Waals surface area contributed by atoms with Gasteiger partial charge in [0.2, 0.25) is 0 Å². The predicted molar refractivity (Wildman–Crippen MR) is 75.7 cm³/mol. The number of hydrogen-bond acceptors (Lipinski definition) is 4. The number of rotatable bonds is 3. The van der Waals surface area contributed by atoms with E-state index in [0.29, 0.717) is 11.2 Å². The first-order valence-corrected chi connectivity index (χ1v) is 7.05. The van der Waals surface area contributed by atoms with Crippen molar-refractivity contribution in [3.05, 3.63) is 35.8 Å². The minimum Gasteiger partial charge on any atom is -0.465 e. The van der Waals surface area contributed by atoms with Crippen LogP contribution >= 0.6 is 0 Å². The number of aromatic nitrogens is 2. The van der Waals surface area contributed by atoms with Crippen LogP contribution in [0.4, 0.5) is 0 Å². The van der Waals surface area contributed by atoms with Gasteiger partial charge >= 0.3 is 5.97 Å². The third-order valence-electron chi connectivity index (χ3n) is 3.77. The van der Waals surface area contributed by atoms with E-state index in [9.17, 15) is 4.79 Å². The second-order valence-electron chi connectivity index (χ2n) is 5.21. The van der Waals surface area contributed by atoms with Gasteiger partial charge in [0, 0.05) is 18.9 Å². The van der Waals surface area contributed by atoms with Crippen LogP contribution in [0, 0.1) is 0 Å². The molecule has 0 bridgehead atoms. The highest BCUT2D eigenvalue weighted by Gasteiger charge is 2.16. The number of imidazole rings is 1. The first-order chi connectivity index (χ1) is 9.78. The molecule has 1 fully saturated rings. The molecule has 2 aromatic heterocycles. The summed E-state index contributed by atoms with van der Waals surface area (Å²) < 4.78 is 6.70. The molecule has 0 atom stereocenters. The van der Waals surface area contributed by atoms with Gasteiger partial charge in [-0.25, -0.2) is 9.78 Å². The zero-order chi connectivity index (χ0) is 13.9. The average molecular weight is 273 g/mol. The van der Waals surface area contributed by atoms with E-state index in [0.717, 1.165) is 25.3 Å². The standard InChI is InChI=1S/C15H19N3O2/c1-20-15(19)13-6-5-9-18-11-12(16-14(13)18)10-17-7-3-2-4-8-17/h5-6,9,11H,2-4,7-8,10H2,1H3. The third kappa shape index (κ3) is 2.54. The molecule has 2 aromatic rings. The summed E-state index contributed by atoms with van der Waals surface area (Å²) in [6, 6.07) is 3.59. The maximum Gasteiger partial charge on any atom is 0.341 e. The van der Waals surface area contributed by atoms with Crippen LogP contribution in [0.1, 0.15) is 35.3 Å². The van der Waals surface area contributed by atoms with E-state index in [-0.39, 0.29) is 5.97 Å². The van der Waals surface area contributed by atoms with Crippen molar-refractivity contribution in [3.8, 4) is 0 Å². The molecule has 20 heavy (non-hydrogen) atoms. The lowest BCUT2D eigenvalue weighted by Gasteiger charge is -2.25. The number of carbonyl (C=O) groups is 1. The van der Waals surface area contributed by atoms with Crippen molar-refractivity contribution in [1.82, 2.24) is 14.3 Å². The van der Waals surface area contributed by atoms with Crippen molar-refractivity contribution < 1.29 is 9.53 Å². The van der Waals surface area contributed by atoms with Crippen molar-refractivity contribution in [3.63, 3.8) is 0 Å². The van der Waals surface area contributed by atoms with Crippen LogP contribution in [-0.2, 0) is 11.3 Å². The van der Waals surface area contributed by atoms with Crippen molar-refractivity contribution in [2.75, 3.05) is 20.2 Å². The Morgan fingerprint density at radius 1 is 1.35 bits per heavy atom. The fraction of sp³-hybridized carbons (Fsp3) is 0.467. The minimum absolute atomic E-state index is 0.342. The maximum absolute atomic E-state index is 11.7. The monoisotopic (exact) mass is 273 g/mol. The number of nitrogens with zero attached hydrogens (tertiary/aromatic N) is 3. The summed E-state index contributed by atoms with van der Waals surface area (Å²) in [6.45, 7) is 3.12. The van der Waals surface area contributed by atoms with Crippen molar-refractivity contribution in [1.29, 1.82) is 0 Å². The first kappa shape index (κ1) is 13.1. The van der Waals surface area contributed by atoms with Crippen LogP contribution in [0.25, 0.3) is 5.65 Å². The molecule has 1 saturated heterocycles. The topological polar surface area (TPSA) is 46.8 Å². The van der Waals surface area contributed by atoms with Gasteiger partial charge in [-0.05, 0) is 38.1 Å². The highest BCUT2D eigenvalue weighted by Crippen LogP contribution is 2.16. The van der Waals surface area contributed by atoms with E-state index in [1.165, 1.54) is 26.4 Å². The summed E-state index contributed by atoms with van der Waals surface area (Å²) >= 11 is 0. The molecule has 1 aliphatic rings. The van der Waals surface area contributed by atoms with E-state index in [1.54, 1.807) is 6.07 Å². The Balaban J connectivity index is 1.88. The molecular weight excluding hydrogens is 254 g/mol. The fourth-order valence-electron chi connectivity index (χ4n) is 2.76. The number of hydrogen-bond donors (Lipinski definition) is 0. The number of pyridine rings is 1. The summed E-state index contributed by atoms with van der Waals surface area (Å²) in [5, 5.41) is 0. The Morgan fingerprint density at radius 3 is 2.90 bits per heavy atom. The number of fused-ring (bicyclic) bond motifs is 1. The predicted octanol–water partition coefficient (Wildman–Crippen LogP) is 2.11. The molecule has 3 heterocycles. The van der Waals surface area contributed by atoms with Gasteiger partial charge in [0.05, 0.1) is 12.8 Å². The number of likely N-dealkylation sites (tertiary alicyclic amines) is 1. The molecule has 0 N–H and O–H groups in total. The van der Waals surface area contributed by atoms with Gasteiger partial charge in [-0.2, -0.15) is 0 Å². The summed E-state index contributed by atoms with van der Waals surface area (Å²) in [5.41, 5.74) is 2.19. The zero-order valence-corrected chi connectivity index (χ0v) is 11.7. The summed E-state index contributed by atoms with van der Waals surface area (Å²) in [6.07, 6.45) is 7.76. The van der Waals surface area contributed by atoms with Crippen LogP contribution in [-0.4, -0.2) is 40.5 Å². The van der Waals surface area contributed by atoms with Gasteiger partial charge in [0.25, 0.3) is 0 Å². The number of methoxy groups -OCH3 is 1. The third-order valence-corrected chi connectivity index (χ3v) is 3.77. The molecule has 3 rings (SSSR count). The molecule has 0 aromatic carbocycles. The normalized spacial score (nSPS) is 16.4. The van der Waals surface area contributed by atoms with Gasteiger partial charge < -0.3 is 9.14 Å². The number of piperidine rings is 1. The number of carbonyl (C=O) groups excluding carboxylic acids is 1. The van der Waals surface area contributed by atoms with Crippen LogP contribution in [0.15, 0.2) is 24.5 Å². The van der Waals surface area contributed by atoms with Crippen LogP contribution in [0.3, 0.4) is 0 Å². The molecule has 0 amide bonds. The molecule has 0 spiro atoms. The molecule has 5 heteroatoms. The van der Waals surface area contributed by atoms with Gasteiger partial charge in [-0.15, -0.1) is 0 Å². The average Bonchev–Trinajstić information content (AvgIpc) is 2.89. The number of ether oxygens (including phenoxy) is 1. The largest absolute Gasteiger partial charge is 0.465 e. The van der Waals surface area contributed by atoms with E-state index < -0.39 is 0 Å².